The third-order valence-corrected chi connectivity index (χ3v) is 6.50. The fourth-order valence-electron chi connectivity index (χ4n) is 4.87. The normalized spacial score (nSPS) is 24.1. The van der Waals surface area contributed by atoms with Crippen LogP contribution in [0, 0.1) is 10.8 Å². The zero-order valence-corrected chi connectivity index (χ0v) is 18.1. The van der Waals surface area contributed by atoms with Crippen molar-refractivity contribution in [2.75, 3.05) is 0 Å². The Hall–Kier alpha value is -1.65. The third-order valence-electron chi connectivity index (χ3n) is 5.90. The number of rotatable bonds is 1. The van der Waals surface area contributed by atoms with Crippen LogP contribution in [0.2, 0.25) is 10.0 Å². The number of allylic oxidation sites excluding steroid dienone is 4. The highest BCUT2D eigenvalue weighted by atomic mass is 35.5. The van der Waals surface area contributed by atoms with Gasteiger partial charge in [-0.2, -0.15) is 0 Å². The van der Waals surface area contributed by atoms with Crippen molar-refractivity contribution in [3.63, 3.8) is 0 Å². The maximum atomic E-state index is 13.2. The second-order valence-corrected chi connectivity index (χ2v) is 10.6. The molecule has 2 aliphatic carbocycles. The van der Waals surface area contributed by atoms with E-state index in [2.05, 4.69) is 38.0 Å². The predicted octanol–water partition coefficient (Wildman–Crippen LogP) is 5.36. The van der Waals surface area contributed by atoms with Gasteiger partial charge in [0, 0.05) is 59.3 Å². The Kier molecular flexibility index (Phi) is 4.51. The zero-order chi connectivity index (χ0) is 20.4. The van der Waals surface area contributed by atoms with E-state index in [1.807, 2.05) is 0 Å². The average molecular weight is 419 g/mol. The molecule has 1 aliphatic heterocycles. The van der Waals surface area contributed by atoms with Crippen LogP contribution < -0.4 is 5.32 Å². The number of halogens is 2. The van der Waals surface area contributed by atoms with E-state index in [4.69, 9.17) is 23.2 Å². The maximum Gasteiger partial charge on any atom is 0.162 e. The van der Waals surface area contributed by atoms with Crippen LogP contribution in [0.1, 0.15) is 64.9 Å². The van der Waals surface area contributed by atoms with Crippen molar-refractivity contribution in [3.05, 3.63) is 50.5 Å². The smallest absolute Gasteiger partial charge is 0.162 e. The lowest BCUT2D eigenvalue weighted by molar-refractivity contribution is -0.119. The molecule has 4 nitrogen and oxygen atoms in total. The highest BCUT2D eigenvalue weighted by Gasteiger charge is 2.47. The minimum Gasteiger partial charge on any atom is -0.362 e. The molecule has 1 aromatic heterocycles. The fraction of sp³-hybridized carbons (Fsp3) is 0.500. The van der Waals surface area contributed by atoms with Gasteiger partial charge < -0.3 is 5.32 Å². The van der Waals surface area contributed by atoms with E-state index < -0.39 is 5.92 Å². The first kappa shape index (κ1) is 19.7. The summed E-state index contributed by atoms with van der Waals surface area (Å²) in [6.45, 7) is 8.38. The molecule has 0 fully saturated rings. The summed E-state index contributed by atoms with van der Waals surface area (Å²) in [5, 5.41) is 4.25. The number of nitrogens with zero attached hydrogens (tertiary/aromatic N) is 1. The summed E-state index contributed by atoms with van der Waals surface area (Å²) in [5.41, 5.74) is 3.43. The summed E-state index contributed by atoms with van der Waals surface area (Å²) in [6.07, 6.45) is 5.42. The van der Waals surface area contributed by atoms with Gasteiger partial charge in [-0.3, -0.25) is 14.6 Å². The van der Waals surface area contributed by atoms with E-state index in [-0.39, 0.29) is 22.4 Å². The van der Waals surface area contributed by atoms with Gasteiger partial charge in [0.05, 0.1) is 10.0 Å². The van der Waals surface area contributed by atoms with Crippen molar-refractivity contribution in [3.8, 4) is 0 Å². The largest absolute Gasteiger partial charge is 0.362 e. The number of hydrogen-bond acceptors (Lipinski definition) is 4. The topological polar surface area (TPSA) is 59.1 Å². The summed E-state index contributed by atoms with van der Waals surface area (Å²) >= 11 is 13.0. The van der Waals surface area contributed by atoms with Crippen molar-refractivity contribution < 1.29 is 9.59 Å². The van der Waals surface area contributed by atoms with Crippen LogP contribution in [0.5, 0.6) is 0 Å². The lowest BCUT2D eigenvalue weighted by Crippen LogP contribution is -2.42. The van der Waals surface area contributed by atoms with E-state index in [0.717, 1.165) is 24.2 Å². The molecule has 0 amide bonds. The Morgan fingerprint density at radius 2 is 1.29 bits per heavy atom. The van der Waals surface area contributed by atoms with Crippen molar-refractivity contribution in [1.29, 1.82) is 0 Å². The van der Waals surface area contributed by atoms with Crippen molar-refractivity contribution in [2.45, 2.75) is 59.3 Å². The van der Waals surface area contributed by atoms with Crippen LogP contribution in [0.25, 0.3) is 0 Å². The Labute approximate surface area is 175 Å². The molecule has 148 valence electrons. The van der Waals surface area contributed by atoms with Crippen LogP contribution in [0.3, 0.4) is 0 Å². The summed E-state index contributed by atoms with van der Waals surface area (Å²) < 4.78 is 0. The molecule has 1 aromatic rings. The average Bonchev–Trinajstić information content (AvgIpc) is 2.50. The molecular formula is C22H24Cl2N2O2. The standard InChI is InChI=1S/C22H24Cl2N2O2/c1-21(2)5-13-18(15(27)7-21)20(17-11(23)9-25-10-12(17)24)19-14(26-13)6-22(3,4)8-16(19)28/h9-10,20,26H,5-8H2,1-4H3. The maximum absolute atomic E-state index is 13.2. The third kappa shape index (κ3) is 3.21. The SMILES string of the molecule is CC1(C)CC(=O)C2=C(C1)NC1=C(C(=O)CC(C)(C)C1)C2c1c(Cl)cncc1Cl. The number of ketones is 2. The Morgan fingerprint density at radius 1 is 0.857 bits per heavy atom. The minimum atomic E-state index is -0.526. The van der Waals surface area contributed by atoms with Gasteiger partial charge in [-0.05, 0) is 23.7 Å². The predicted molar refractivity (Wildman–Crippen MR) is 110 cm³/mol. The van der Waals surface area contributed by atoms with Gasteiger partial charge in [0.2, 0.25) is 0 Å². The molecule has 0 spiro atoms. The minimum absolute atomic E-state index is 0.0527. The van der Waals surface area contributed by atoms with Gasteiger partial charge in [-0.1, -0.05) is 50.9 Å². The van der Waals surface area contributed by atoms with E-state index >= 15 is 0 Å². The number of pyridine rings is 1. The summed E-state index contributed by atoms with van der Waals surface area (Å²) in [4.78, 5) is 30.5. The fourth-order valence-corrected chi connectivity index (χ4v) is 5.46. The highest BCUT2D eigenvalue weighted by molar-refractivity contribution is 6.36. The second kappa shape index (κ2) is 6.43. The summed E-state index contributed by atoms with van der Waals surface area (Å²) in [7, 11) is 0. The molecule has 3 aliphatic rings. The first-order valence-electron chi connectivity index (χ1n) is 9.57. The molecule has 0 atom stereocenters. The van der Waals surface area contributed by atoms with E-state index in [1.165, 1.54) is 12.4 Å². The Bertz CT molecular complexity index is 900. The lowest BCUT2D eigenvalue weighted by atomic mass is 9.64. The first-order chi connectivity index (χ1) is 13.0. The van der Waals surface area contributed by atoms with Gasteiger partial charge in [0.1, 0.15) is 0 Å². The highest BCUT2D eigenvalue weighted by Crippen LogP contribution is 2.52. The van der Waals surface area contributed by atoms with Crippen LogP contribution >= 0.6 is 23.2 Å². The van der Waals surface area contributed by atoms with Gasteiger partial charge in [-0.25, -0.2) is 0 Å². The van der Waals surface area contributed by atoms with E-state index in [0.29, 0.717) is 39.6 Å². The summed E-state index contributed by atoms with van der Waals surface area (Å²) in [5.74, 6) is -0.421. The quantitative estimate of drug-likeness (QED) is 0.666. The molecule has 1 N–H and O–H groups in total. The van der Waals surface area contributed by atoms with Gasteiger partial charge in [0.15, 0.2) is 11.6 Å². The molecule has 0 unspecified atom stereocenters. The zero-order valence-electron chi connectivity index (χ0n) is 16.6. The van der Waals surface area contributed by atoms with Gasteiger partial charge >= 0.3 is 0 Å². The molecule has 0 saturated heterocycles. The molecule has 0 radical (unpaired) electrons. The second-order valence-electron chi connectivity index (χ2n) is 9.74. The number of aromatic nitrogens is 1. The van der Waals surface area contributed by atoms with E-state index in [9.17, 15) is 9.59 Å². The van der Waals surface area contributed by atoms with E-state index in [1.54, 1.807) is 0 Å². The molecule has 0 bridgehead atoms. The first-order valence-corrected chi connectivity index (χ1v) is 10.3. The molecule has 28 heavy (non-hydrogen) atoms. The van der Waals surface area contributed by atoms with Crippen molar-refractivity contribution in [1.82, 2.24) is 10.3 Å². The number of nitrogens with one attached hydrogen (secondary N) is 1. The molecular weight excluding hydrogens is 395 g/mol. The number of Topliss-reactive ketones (excluding diaryl/α,β-unsaturated/α-hetero) is 2. The molecule has 2 heterocycles. The molecule has 4 rings (SSSR count). The van der Waals surface area contributed by atoms with Crippen molar-refractivity contribution in [2.24, 2.45) is 10.8 Å². The number of carbonyl (C=O) groups excluding carboxylic acids is 2. The number of dihydropyridines is 1. The van der Waals surface area contributed by atoms with Crippen LogP contribution in [-0.4, -0.2) is 16.6 Å². The van der Waals surface area contributed by atoms with Crippen LogP contribution in [-0.2, 0) is 9.59 Å². The summed E-state index contributed by atoms with van der Waals surface area (Å²) in [6, 6.07) is 0. The number of hydrogen-bond donors (Lipinski definition) is 1. The lowest BCUT2D eigenvalue weighted by Gasteiger charge is -2.44. The molecule has 6 heteroatoms. The van der Waals surface area contributed by atoms with Crippen molar-refractivity contribution >= 4 is 34.8 Å². The Balaban J connectivity index is 1.98. The molecule has 0 aromatic carbocycles. The number of carbonyl (C=O) groups is 2. The monoisotopic (exact) mass is 418 g/mol. The molecule has 0 saturated carbocycles. The van der Waals surface area contributed by atoms with Gasteiger partial charge in [0.25, 0.3) is 0 Å². The Morgan fingerprint density at radius 3 is 1.71 bits per heavy atom. The van der Waals surface area contributed by atoms with Gasteiger partial charge in [-0.15, -0.1) is 0 Å². The van der Waals surface area contributed by atoms with Crippen LogP contribution in [0.15, 0.2) is 34.9 Å². The van der Waals surface area contributed by atoms with Crippen LogP contribution in [0.4, 0.5) is 0 Å².